The highest BCUT2D eigenvalue weighted by atomic mass is 35.5. The normalized spacial score (nSPS) is 10.5. The fraction of sp³-hybridized carbons (Fsp3) is 0.250. The molecule has 0 aromatic carbocycles. The van der Waals surface area contributed by atoms with Crippen LogP contribution in [0.25, 0.3) is 0 Å². The fourth-order valence-electron chi connectivity index (χ4n) is 1.05. The van der Waals surface area contributed by atoms with Gasteiger partial charge in [0.2, 0.25) is 0 Å². The van der Waals surface area contributed by atoms with E-state index in [1.54, 1.807) is 0 Å². The third-order valence-electron chi connectivity index (χ3n) is 1.67. The number of methoxy groups -OCH3 is 1. The second kappa shape index (κ2) is 4.39. The van der Waals surface area contributed by atoms with Gasteiger partial charge in [0.05, 0.1) is 12.7 Å². The monoisotopic (exact) mass is 237 g/mol. The van der Waals surface area contributed by atoms with Gasteiger partial charge in [-0.2, -0.15) is 0 Å². The summed E-state index contributed by atoms with van der Waals surface area (Å²) in [6.45, 7) is 0. The van der Waals surface area contributed by atoms with Crippen LogP contribution in [0.1, 0.15) is 22.3 Å². The van der Waals surface area contributed by atoms with Crippen LogP contribution in [-0.2, 0) is 0 Å². The van der Waals surface area contributed by atoms with Crippen LogP contribution in [0, 0.1) is 0 Å². The summed E-state index contributed by atoms with van der Waals surface area (Å²) in [6.07, 6.45) is -2.07. The zero-order chi connectivity index (χ0) is 11.6. The van der Waals surface area contributed by atoms with E-state index in [1.807, 2.05) is 0 Å². The van der Waals surface area contributed by atoms with Crippen LogP contribution in [0.2, 0.25) is 5.15 Å². The second-order valence-electron chi connectivity index (χ2n) is 2.52. The van der Waals surface area contributed by atoms with Gasteiger partial charge >= 0.3 is 5.97 Å². The third kappa shape index (κ3) is 2.15. The van der Waals surface area contributed by atoms with Crippen molar-refractivity contribution < 1.29 is 23.4 Å². The number of carbonyl (C=O) groups is 1. The van der Waals surface area contributed by atoms with E-state index in [0.29, 0.717) is 0 Å². The van der Waals surface area contributed by atoms with Gasteiger partial charge in [0.25, 0.3) is 6.43 Å². The lowest BCUT2D eigenvalue weighted by Crippen LogP contribution is -2.05. The molecule has 1 rings (SSSR count). The zero-order valence-corrected chi connectivity index (χ0v) is 8.26. The smallest absolute Gasteiger partial charge is 0.341 e. The molecule has 0 saturated heterocycles. The van der Waals surface area contributed by atoms with Gasteiger partial charge in [-0.1, -0.05) is 11.6 Å². The number of nitrogens with zero attached hydrogens (tertiary/aromatic N) is 1. The predicted molar refractivity (Wildman–Crippen MR) is 47.7 cm³/mol. The molecule has 0 fully saturated rings. The first-order chi connectivity index (χ1) is 6.99. The predicted octanol–water partition coefficient (Wildman–Crippen LogP) is 2.38. The van der Waals surface area contributed by atoms with Crippen molar-refractivity contribution in [3.05, 3.63) is 22.5 Å². The van der Waals surface area contributed by atoms with Crippen molar-refractivity contribution in [2.24, 2.45) is 0 Å². The lowest BCUT2D eigenvalue weighted by molar-refractivity contribution is 0.0691. The van der Waals surface area contributed by atoms with Gasteiger partial charge in [-0.05, 0) is 0 Å². The Morgan fingerprint density at radius 3 is 2.67 bits per heavy atom. The summed E-state index contributed by atoms with van der Waals surface area (Å²) in [4.78, 5) is 14.0. The van der Waals surface area contributed by atoms with E-state index in [9.17, 15) is 13.6 Å². The fourth-order valence-corrected chi connectivity index (χ4v) is 1.27. The highest BCUT2D eigenvalue weighted by Crippen LogP contribution is 2.36. The lowest BCUT2D eigenvalue weighted by Gasteiger charge is -2.11. The number of aromatic nitrogens is 1. The second-order valence-corrected chi connectivity index (χ2v) is 2.87. The summed E-state index contributed by atoms with van der Waals surface area (Å²) < 4.78 is 29.6. The minimum atomic E-state index is -2.95. The topological polar surface area (TPSA) is 59.4 Å². The number of alkyl halides is 2. The van der Waals surface area contributed by atoms with Crippen LogP contribution in [0.5, 0.6) is 5.75 Å². The first-order valence-electron chi connectivity index (χ1n) is 3.72. The third-order valence-corrected chi connectivity index (χ3v) is 1.97. The molecule has 0 spiro atoms. The first-order valence-corrected chi connectivity index (χ1v) is 4.10. The first kappa shape index (κ1) is 11.6. The molecule has 1 aromatic rings. The number of carboxylic acids is 1. The van der Waals surface area contributed by atoms with Gasteiger partial charge in [-0.3, -0.25) is 0 Å². The van der Waals surface area contributed by atoms with Crippen molar-refractivity contribution in [3.63, 3.8) is 0 Å². The highest BCUT2D eigenvalue weighted by Gasteiger charge is 2.25. The maximum Gasteiger partial charge on any atom is 0.341 e. The van der Waals surface area contributed by atoms with Crippen LogP contribution in [-0.4, -0.2) is 23.2 Å². The van der Waals surface area contributed by atoms with E-state index in [2.05, 4.69) is 9.72 Å². The van der Waals surface area contributed by atoms with Crippen molar-refractivity contribution >= 4 is 17.6 Å². The summed E-state index contributed by atoms with van der Waals surface area (Å²) in [5.41, 5.74) is -1.16. The maximum atomic E-state index is 12.5. The zero-order valence-electron chi connectivity index (χ0n) is 7.50. The van der Waals surface area contributed by atoms with Gasteiger partial charge in [-0.25, -0.2) is 18.6 Å². The molecule has 0 aliphatic carbocycles. The van der Waals surface area contributed by atoms with Crippen LogP contribution >= 0.6 is 11.6 Å². The van der Waals surface area contributed by atoms with Crippen molar-refractivity contribution in [1.82, 2.24) is 4.98 Å². The van der Waals surface area contributed by atoms with Crippen molar-refractivity contribution in [3.8, 4) is 5.75 Å². The molecule has 82 valence electrons. The van der Waals surface area contributed by atoms with Crippen molar-refractivity contribution in [2.75, 3.05) is 7.11 Å². The molecule has 0 unspecified atom stereocenters. The number of ether oxygens (including phenoxy) is 1. The van der Waals surface area contributed by atoms with E-state index in [4.69, 9.17) is 16.7 Å². The SMILES string of the molecule is COc1c(C(=O)O)cnc(Cl)c1C(F)F. The number of pyridine rings is 1. The molecule has 1 heterocycles. The van der Waals surface area contributed by atoms with Gasteiger partial charge in [-0.15, -0.1) is 0 Å². The number of aromatic carboxylic acids is 1. The largest absolute Gasteiger partial charge is 0.495 e. The average Bonchev–Trinajstić information content (AvgIpc) is 2.15. The lowest BCUT2D eigenvalue weighted by atomic mass is 10.2. The summed E-state index contributed by atoms with van der Waals surface area (Å²) in [6, 6.07) is 0. The molecule has 1 N–H and O–H groups in total. The molecule has 0 aliphatic rings. The Kier molecular flexibility index (Phi) is 3.41. The van der Waals surface area contributed by atoms with Crippen LogP contribution in [0.15, 0.2) is 6.20 Å². The minimum absolute atomic E-state index is 0.447. The Bertz CT molecular complexity index is 398. The number of hydrogen-bond acceptors (Lipinski definition) is 3. The summed E-state index contributed by atoms with van der Waals surface area (Å²) in [7, 11) is 1.09. The summed E-state index contributed by atoms with van der Waals surface area (Å²) in [5.74, 6) is -1.87. The molecular formula is C8H6ClF2NO3. The number of halogens is 3. The van der Waals surface area contributed by atoms with Crippen molar-refractivity contribution in [2.45, 2.75) is 6.43 Å². The van der Waals surface area contributed by atoms with Gasteiger partial charge in [0.1, 0.15) is 16.5 Å². The van der Waals surface area contributed by atoms with Gasteiger partial charge in [0, 0.05) is 6.20 Å². The van der Waals surface area contributed by atoms with E-state index in [1.165, 1.54) is 0 Å². The Hall–Kier alpha value is -1.43. The van der Waals surface area contributed by atoms with Gasteiger partial charge < -0.3 is 9.84 Å². The van der Waals surface area contributed by atoms with Crippen molar-refractivity contribution in [1.29, 1.82) is 0 Å². The maximum absolute atomic E-state index is 12.5. The summed E-state index contributed by atoms with van der Waals surface area (Å²) >= 11 is 5.42. The van der Waals surface area contributed by atoms with E-state index in [-0.39, 0.29) is 0 Å². The highest BCUT2D eigenvalue weighted by molar-refractivity contribution is 6.30. The molecule has 15 heavy (non-hydrogen) atoms. The van der Waals surface area contributed by atoms with Gasteiger partial charge in [0.15, 0.2) is 0 Å². The van der Waals surface area contributed by atoms with Crippen LogP contribution in [0.4, 0.5) is 8.78 Å². The quantitative estimate of drug-likeness (QED) is 0.820. The molecule has 0 amide bonds. The molecule has 0 aliphatic heterocycles. The van der Waals surface area contributed by atoms with Crippen LogP contribution in [0.3, 0.4) is 0 Å². The van der Waals surface area contributed by atoms with E-state index < -0.39 is 34.4 Å². The number of hydrogen-bond donors (Lipinski definition) is 1. The van der Waals surface area contributed by atoms with E-state index >= 15 is 0 Å². The number of carboxylic acid groups (broad SMARTS) is 1. The molecule has 0 saturated carbocycles. The van der Waals surface area contributed by atoms with E-state index in [0.717, 1.165) is 13.3 Å². The average molecular weight is 238 g/mol. The van der Waals surface area contributed by atoms with Crippen LogP contribution < -0.4 is 4.74 Å². The summed E-state index contributed by atoms with van der Waals surface area (Å²) in [5, 5.41) is 8.22. The Balaban J connectivity index is 3.47. The molecule has 0 bridgehead atoms. The molecular weight excluding hydrogens is 232 g/mol. The molecule has 4 nitrogen and oxygen atoms in total. The Labute approximate surface area is 88.4 Å². The molecule has 0 atom stereocenters. The Morgan fingerprint density at radius 2 is 2.27 bits per heavy atom. The molecule has 7 heteroatoms. The Morgan fingerprint density at radius 1 is 1.67 bits per heavy atom. The molecule has 0 radical (unpaired) electrons. The minimum Gasteiger partial charge on any atom is -0.495 e. The molecule has 1 aromatic heterocycles. The standard InChI is InChI=1S/C8H6ClF2NO3/c1-15-5-3(8(13)14)2-12-6(9)4(5)7(10)11/h2,7H,1H3,(H,13,14). The number of rotatable bonds is 3.